The van der Waals surface area contributed by atoms with Gasteiger partial charge in [-0.3, -0.25) is 4.90 Å². The zero-order valence-corrected chi connectivity index (χ0v) is 10.6. The molecule has 108 valence electrons. The lowest BCUT2D eigenvalue weighted by atomic mass is 10.1. The van der Waals surface area contributed by atoms with Crippen LogP contribution in [0.4, 0.5) is 13.2 Å². The van der Waals surface area contributed by atoms with Gasteiger partial charge in [-0.1, -0.05) is 12.1 Å². The summed E-state index contributed by atoms with van der Waals surface area (Å²) in [5.41, 5.74) is 0.483. The molecule has 0 aromatic heterocycles. The van der Waals surface area contributed by atoms with Crippen LogP contribution in [-0.2, 0) is 4.74 Å². The molecule has 2 rings (SSSR count). The summed E-state index contributed by atoms with van der Waals surface area (Å²) < 4.78 is 45.7. The second-order valence-electron chi connectivity index (χ2n) is 4.30. The van der Waals surface area contributed by atoms with Gasteiger partial charge in [-0.05, 0) is 17.7 Å². The molecule has 0 amide bonds. The van der Waals surface area contributed by atoms with Gasteiger partial charge in [0.1, 0.15) is 11.8 Å². The van der Waals surface area contributed by atoms with Crippen LogP contribution in [0, 0.1) is 11.3 Å². The lowest BCUT2D eigenvalue weighted by molar-refractivity contribution is -0.274. The third kappa shape index (κ3) is 3.85. The van der Waals surface area contributed by atoms with Crippen LogP contribution >= 0.6 is 0 Å². The van der Waals surface area contributed by atoms with Crippen molar-refractivity contribution in [3.63, 3.8) is 0 Å². The maximum Gasteiger partial charge on any atom is 0.573 e. The number of benzene rings is 1. The Morgan fingerprint density at radius 3 is 2.60 bits per heavy atom. The average Bonchev–Trinajstić information content (AvgIpc) is 2.39. The van der Waals surface area contributed by atoms with Crippen molar-refractivity contribution in [3.8, 4) is 11.8 Å². The number of morpholine rings is 1. The summed E-state index contributed by atoms with van der Waals surface area (Å²) >= 11 is 0. The van der Waals surface area contributed by atoms with Gasteiger partial charge < -0.3 is 9.47 Å². The van der Waals surface area contributed by atoms with Crippen LogP contribution in [0.15, 0.2) is 24.3 Å². The van der Waals surface area contributed by atoms with Gasteiger partial charge in [-0.2, -0.15) is 5.26 Å². The molecule has 1 aliphatic heterocycles. The molecule has 7 heteroatoms. The Labute approximate surface area is 114 Å². The fraction of sp³-hybridized carbons (Fsp3) is 0.462. The first-order valence-corrected chi connectivity index (χ1v) is 6.07. The monoisotopic (exact) mass is 286 g/mol. The predicted octanol–water partition coefficient (Wildman–Crippen LogP) is 2.48. The average molecular weight is 286 g/mol. The van der Waals surface area contributed by atoms with Crippen LogP contribution in [0.2, 0.25) is 0 Å². The number of hydrogen-bond donors (Lipinski definition) is 0. The molecule has 0 saturated carbocycles. The number of rotatable bonds is 3. The van der Waals surface area contributed by atoms with Gasteiger partial charge >= 0.3 is 6.36 Å². The second kappa shape index (κ2) is 6.11. The second-order valence-corrected chi connectivity index (χ2v) is 4.30. The molecule has 1 aromatic rings. The Bertz CT molecular complexity index is 493. The predicted molar refractivity (Wildman–Crippen MR) is 63.9 cm³/mol. The molecule has 1 aromatic carbocycles. The van der Waals surface area contributed by atoms with Gasteiger partial charge in [0.05, 0.1) is 19.3 Å². The van der Waals surface area contributed by atoms with Crippen LogP contribution in [0.3, 0.4) is 0 Å². The topological polar surface area (TPSA) is 45.5 Å². The van der Waals surface area contributed by atoms with Crippen molar-refractivity contribution < 1.29 is 22.6 Å². The summed E-state index contributed by atoms with van der Waals surface area (Å²) in [5.74, 6) is -0.316. The number of hydrogen-bond acceptors (Lipinski definition) is 4. The van der Waals surface area contributed by atoms with E-state index in [-0.39, 0.29) is 5.75 Å². The fourth-order valence-electron chi connectivity index (χ4n) is 2.08. The minimum absolute atomic E-state index is 0.316. The highest BCUT2D eigenvalue weighted by molar-refractivity contribution is 5.33. The third-order valence-corrected chi connectivity index (χ3v) is 2.94. The van der Waals surface area contributed by atoms with Gasteiger partial charge in [0, 0.05) is 13.1 Å². The highest BCUT2D eigenvalue weighted by atomic mass is 19.4. The van der Waals surface area contributed by atoms with Crippen molar-refractivity contribution >= 4 is 0 Å². The molecule has 0 spiro atoms. The number of nitriles is 1. The standard InChI is InChI=1S/C13H13F3N2O2/c14-13(15,16)20-11-3-1-2-10(8-11)12(9-17)18-4-6-19-7-5-18/h1-3,8,12H,4-7H2. The number of alkyl halides is 3. The Morgan fingerprint density at radius 2 is 2.00 bits per heavy atom. The minimum Gasteiger partial charge on any atom is -0.406 e. The van der Waals surface area contributed by atoms with Gasteiger partial charge in [0.2, 0.25) is 0 Å². The fourth-order valence-corrected chi connectivity index (χ4v) is 2.08. The molecule has 0 aliphatic carbocycles. The van der Waals surface area contributed by atoms with Crippen LogP contribution in [0.25, 0.3) is 0 Å². The number of halogens is 3. The van der Waals surface area contributed by atoms with Crippen LogP contribution in [-0.4, -0.2) is 37.6 Å². The number of nitrogens with zero attached hydrogens (tertiary/aromatic N) is 2. The van der Waals surface area contributed by atoms with Crippen molar-refractivity contribution in [1.82, 2.24) is 4.90 Å². The Morgan fingerprint density at radius 1 is 1.30 bits per heavy atom. The molecule has 1 aliphatic rings. The van der Waals surface area contributed by atoms with E-state index < -0.39 is 12.4 Å². The third-order valence-electron chi connectivity index (χ3n) is 2.94. The van der Waals surface area contributed by atoms with E-state index in [9.17, 15) is 18.4 Å². The van der Waals surface area contributed by atoms with E-state index in [1.165, 1.54) is 18.2 Å². The van der Waals surface area contributed by atoms with E-state index in [1.54, 1.807) is 6.07 Å². The van der Waals surface area contributed by atoms with Crippen LogP contribution in [0.5, 0.6) is 5.75 Å². The Balaban J connectivity index is 2.17. The van der Waals surface area contributed by atoms with E-state index in [0.717, 1.165) is 0 Å². The maximum atomic E-state index is 12.2. The van der Waals surface area contributed by atoms with Crippen molar-refractivity contribution in [2.75, 3.05) is 26.3 Å². The van der Waals surface area contributed by atoms with Gasteiger partial charge in [-0.25, -0.2) is 0 Å². The van der Waals surface area contributed by atoms with E-state index >= 15 is 0 Å². The van der Waals surface area contributed by atoms with E-state index in [2.05, 4.69) is 10.8 Å². The highest BCUT2D eigenvalue weighted by Crippen LogP contribution is 2.28. The lowest BCUT2D eigenvalue weighted by Crippen LogP contribution is -2.38. The first-order valence-electron chi connectivity index (χ1n) is 6.07. The van der Waals surface area contributed by atoms with E-state index in [4.69, 9.17) is 4.74 Å². The summed E-state index contributed by atoms with van der Waals surface area (Å²) in [5, 5.41) is 9.26. The summed E-state index contributed by atoms with van der Waals surface area (Å²) in [4.78, 5) is 1.87. The summed E-state index contributed by atoms with van der Waals surface area (Å²) in [7, 11) is 0. The molecule has 1 saturated heterocycles. The summed E-state index contributed by atoms with van der Waals surface area (Å²) in [6, 6.07) is 7.03. The Kier molecular flexibility index (Phi) is 4.47. The molecule has 1 atom stereocenters. The van der Waals surface area contributed by atoms with Crippen LogP contribution in [0.1, 0.15) is 11.6 Å². The van der Waals surface area contributed by atoms with Crippen molar-refractivity contribution in [1.29, 1.82) is 5.26 Å². The molecule has 4 nitrogen and oxygen atoms in total. The molecular weight excluding hydrogens is 273 g/mol. The molecule has 0 radical (unpaired) electrons. The van der Waals surface area contributed by atoms with E-state index in [1.807, 2.05) is 4.90 Å². The normalized spacial score (nSPS) is 18.3. The Hall–Kier alpha value is -1.78. The molecule has 1 fully saturated rings. The number of ether oxygens (including phenoxy) is 2. The molecule has 20 heavy (non-hydrogen) atoms. The SMILES string of the molecule is N#CC(c1cccc(OC(F)(F)F)c1)N1CCOCC1. The quantitative estimate of drug-likeness (QED) is 0.856. The van der Waals surface area contributed by atoms with Gasteiger partial charge in [-0.15, -0.1) is 13.2 Å². The molecule has 1 unspecified atom stereocenters. The first-order chi connectivity index (χ1) is 9.49. The van der Waals surface area contributed by atoms with Crippen LogP contribution < -0.4 is 4.74 Å². The summed E-state index contributed by atoms with van der Waals surface area (Å²) in [6.45, 7) is 2.17. The molecular formula is C13H13F3N2O2. The van der Waals surface area contributed by atoms with Crippen molar-refractivity contribution in [2.45, 2.75) is 12.4 Å². The zero-order valence-electron chi connectivity index (χ0n) is 10.6. The van der Waals surface area contributed by atoms with E-state index in [0.29, 0.717) is 31.9 Å². The van der Waals surface area contributed by atoms with Gasteiger partial charge in [0.15, 0.2) is 0 Å². The minimum atomic E-state index is -4.74. The lowest BCUT2D eigenvalue weighted by Gasteiger charge is -2.30. The highest BCUT2D eigenvalue weighted by Gasteiger charge is 2.31. The first kappa shape index (κ1) is 14.6. The van der Waals surface area contributed by atoms with Crippen molar-refractivity contribution in [3.05, 3.63) is 29.8 Å². The van der Waals surface area contributed by atoms with Crippen molar-refractivity contribution in [2.24, 2.45) is 0 Å². The van der Waals surface area contributed by atoms with Gasteiger partial charge in [0.25, 0.3) is 0 Å². The largest absolute Gasteiger partial charge is 0.573 e. The molecule has 0 N–H and O–H groups in total. The summed E-state index contributed by atoms with van der Waals surface area (Å²) in [6.07, 6.45) is -4.74. The maximum absolute atomic E-state index is 12.2. The molecule has 1 heterocycles. The zero-order chi connectivity index (χ0) is 14.6. The molecule has 0 bridgehead atoms. The smallest absolute Gasteiger partial charge is 0.406 e.